The predicted molar refractivity (Wildman–Crippen MR) is 330 cm³/mol. The lowest BCUT2D eigenvalue weighted by molar-refractivity contribution is -0.167. The number of hydrogen-bond acceptors (Lipinski definition) is 6. The van der Waals surface area contributed by atoms with Gasteiger partial charge in [0.1, 0.15) is 13.2 Å². The molecule has 0 heterocycles. The second-order valence-electron chi connectivity index (χ2n) is 20.9. The normalized spacial score (nSPS) is 12.8. The van der Waals surface area contributed by atoms with Crippen LogP contribution >= 0.6 is 0 Å². The van der Waals surface area contributed by atoms with Crippen LogP contribution in [-0.2, 0) is 28.6 Å². The molecule has 6 heteroatoms. The van der Waals surface area contributed by atoms with Crippen LogP contribution in [0.2, 0.25) is 0 Å². The predicted octanol–water partition coefficient (Wildman–Crippen LogP) is 21.8. The maximum Gasteiger partial charge on any atom is 0.306 e. The van der Waals surface area contributed by atoms with E-state index in [2.05, 4.69) is 130 Å². The van der Waals surface area contributed by atoms with E-state index in [4.69, 9.17) is 14.2 Å². The van der Waals surface area contributed by atoms with Gasteiger partial charge in [-0.3, -0.25) is 14.4 Å². The molecule has 0 radical (unpaired) electrons. The van der Waals surface area contributed by atoms with Gasteiger partial charge in [0.05, 0.1) is 0 Å². The summed E-state index contributed by atoms with van der Waals surface area (Å²) in [6, 6.07) is 0. The van der Waals surface area contributed by atoms with E-state index in [9.17, 15) is 14.4 Å². The molecule has 0 aromatic heterocycles. The van der Waals surface area contributed by atoms with E-state index in [0.29, 0.717) is 19.3 Å². The van der Waals surface area contributed by atoms with Crippen LogP contribution in [0.1, 0.15) is 297 Å². The van der Waals surface area contributed by atoms with Crippen LogP contribution in [0.15, 0.2) is 109 Å². The molecule has 0 aliphatic carbocycles. The minimum atomic E-state index is -0.785. The second kappa shape index (κ2) is 63.6. The van der Waals surface area contributed by atoms with Crippen molar-refractivity contribution in [3.05, 3.63) is 109 Å². The van der Waals surface area contributed by atoms with E-state index in [1.165, 1.54) is 122 Å². The Bertz CT molecular complexity index is 1540. The van der Waals surface area contributed by atoms with Crippen molar-refractivity contribution in [2.24, 2.45) is 0 Å². The van der Waals surface area contributed by atoms with E-state index in [-0.39, 0.29) is 31.1 Å². The summed E-state index contributed by atoms with van der Waals surface area (Å²) in [4.78, 5) is 38.0. The van der Waals surface area contributed by atoms with Gasteiger partial charge < -0.3 is 14.2 Å². The minimum absolute atomic E-state index is 0.0840. The molecular weight excluding hydrogens is 937 g/mol. The molecule has 0 aromatic carbocycles. The molecular formula is C70H118O6. The van der Waals surface area contributed by atoms with E-state index in [0.717, 1.165) is 135 Å². The Morgan fingerprint density at radius 1 is 0.276 bits per heavy atom. The van der Waals surface area contributed by atoms with Crippen LogP contribution in [0.5, 0.6) is 0 Å². The fraction of sp³-hybridized carbons (Fsp3) is 0.700. The average Bonchev–Trinajstić information content (AvgIpc) is 3.42. The first-order valence-corrected chi connectivity index (χ1v) is 31.9. The summed E-state index contributed by atoms with van der Waals surface area (Å²) in [7, 11) is 0. The number of carbonyl (C=O) groups excluding carboxylic acids is 3. The molecule has 0 saturated heterocycles. The van der Waals surface area contributed by atoms with Crippen molar-refractivity contribution in [3.63, 3.8) is 0 Å². The minimum Gasteiger partial charge on any atom is -0.462 e. The van der Waals surface area contributed by atoms with E-state index >= 15 is 0 Å². The number of rotatable bonds is 57. The summed E-state index contributed by atoms with van der Waals surface area (Å²) >= 11 is 0. The first kappa shape index (κ1) is 72.1. The van der Waals surface area contributed by atoms with Crippen LogP contribution in [-0.4, -0.2) is 37.2 Å². The zero-order chi connectivity index (χ0) is 55.0. The zero-order valence-electron chi connectivity index (χ0n) is 49.7. The van der Waals surface area contributed by atoms with Gasteiger partial charge in [0.25, 0.3) is 0 Å². The van der Waals surface area contributed by atoms with Gasteiger partial charge >= 0.3 is 17.9 Å². The summed E-state index contributed by atoms with van der Waals surface area (Å²) < 4.78 is 16.8. The van der Waals surface area contributed by atoms with Gasteiger partial charge in [0.2, 0.25) is 0 Å². The molecule has 6 nitrogen and oxygen atoms in total. The molecule has 0 aromatic rings. The van der Waals surface area contributed by atoms with Crippen LogP contribution < -0.4 is 0 Å². The van der Waals surface area contributed by atoms with Crippen molar-refractivity contribution in [2.45, 2.75) is 303 Å². The van der Waals surface area contributed by atoms with Gasteiger partial charge in [-0.15, -0.1) is 0 Å². The number of esters is 3. The number of unbranched alkanes of at least 4 members (excludes halogenated alkanes) is 28. The Morgan fingerprint density at radius 3 is 0.803 bits per heavy atom. The highest BCUT2D eigenvalue weighted by Crippen LogP contribution is 2.16. The first-order chi connectivity index (χ1) is 37.5. The highest BCUT2D eigenvalue weighted by molar-refractivity contribution is 5.71. The average molecular weight is 1060 g/mol. The molecule has 0 spiro atoms. The third-order valence-electron chi connectivity index (χ3n) is 13.5. The second-order valence-corrected chi connectivity index (χ2v) is 20.9. The number of allylic oxidation sites excluding steroid dienone is 18. The summed E-state index contributed by atoms with van der Waals surface area (Å²) in [5.41, 5.74) is 0. The zero-order valence-corrected chi connectivity index (χ0v) is 49.7. The molecule has 0 amide bonds. The fourth-order valence-corrected chi connectivity index (χ4v) is 8.81. The molecule has 0 rings (SSSR count). The summed E-state index contributed by atoms with van der Waals surface area (Å²) in [5, 5.41) is 0. The van der Waals surface area contributed by atoms with Crippen LogP contribution in [0.25, 0.3) is 0 Å². The molecule has 0 fully saturated rings. The summed E-state index contributed by atoms with van der Waals surface area (Å²) in [6.45, 7) is 6.35. The van der Waals surface area contributed by atoms with Gasteiger partial charge in [0.15, 0.2) is 6.10 Å². The Morgan fingerprint density at radius 2 is 0.513 bits per heavy atom. The van der Waals surface area contributed by atoms with Crippen molar-refractivity contribution in [2.75, 3.05) is 13.2 Å². The third kappa shape index (κ3) is 60.9. The van der Waals surface area contributed by atoms with Gasteiger partial charge in [-0.2, -0.15) is 0 Å². The molecule has 1 unspecified atom stereocenters. The largest absolute Gasteiger partial charge is 0.462 e. The van der Waals surface area contributed by atoms with Gasteiger partial charge in [0, 0.05) is 19.3 Å². The quantitative estimate of drug-likeness (QED) is 0.0261. The highest BCUT2D eigenvalue weighted by atomic mass is 16.6. The standard InChI is InChI=1S/C70H118O6/c1-4-7-10-13-16-18-20-22-24-26-28-30-31-32-33-34-35-36-37-38-39-41-42-44-46-48-50-52-54-57-60-63-69(72)75-66-67(65-74-68(71)62-59-56-15-12-9-6-3)76-70(73)64-61-58-55-53-51-49-47-45-43-40-29-27-25-23-21-19-17-14-11-8-5-2/h7-8,10-11,16-19,22-25,28-30,40,45,47,67H,4-6,9,12-15,20-21,26-27,31-39,41-44,46,48-66H2,1-3H3/b10-7-,11-8-,18-16-,19-17-,24-22-,25-23-,30-28-,40-29-,47-45-. The maximum absolute atomic E-state index is 12.8. The molecule has 0 aliphatic heterocycles. The first-order valence-electron chi connectivity index (χ1n) is 31.9. The lowest BCUT2D eigenvalue weighted by Crippen LogP contribution is -2.30. The van der Waals surface area contributed by atoms with E-state index in [1.807, 2.05) is 0 Å². The molecule has 0 bridgehead atoms. The topological polar surface area (TPSA) is 78.9 Å². The highest BCUT2D eigenvalue weighted by Gasteiger charge is 2.19. The molecule has 1 atom stereocenters. The molecule has 434 valence electrons. The van der Waals surface area contributed by atoms with Crippen molar-refractivity contribution >= 4 is 17.9 Å². The van der Waals surface area contributed by atoms with Crippen LogP contribution in [0.3, 0.4) is 0 Å². The van der Waals surface area contributed by atoms with Gasteiger partial charge in [-0.05, 0) is 103 Å². The lowest BCUT2D eigenvalue weighted by atomic mass is 10.0. The van der Waals surface area contributed by atoms with Crippen LogP contribution in [0.4, 0.5) is 0 Å². The van der Waals surface area contributed by atoms with Crippen molar-refractivity contribution < 1.29 is 28.6 Å². The Hall–Kier alpha value is -3.93. The summed E-state index contributed by atoms with van der Waals surface area (Å²) in [6.07, 6.45) is 87.1. The molecule has 0 N–H and O–H groups in total. The molecule has 76 heavy (non-hydrogen) atoms. The molecule has 0 aliphatic rings. The lowest BCUT2D eigenvalue weighted by Gasteiger charge is -2.18. The third-order valence-corrected chi connectivity index (χ3v) is 13.5. The van der Waals surface area contributed by atoms with Crippen molar-refractivity contribution in [1.82, 2.24) is 0 Å². The number of carbonyl (C=O) groups is 3. The SMILES string of the molecule is CC/C=C\C/C=C\C/C=C\C/C=C\C/C=C\CCCCCCCC(=O)OC(COC(=O)CCCCCCCC)COC(=O)CCCCCCCCCCCCCCCCCCCC/C=C\C/C=C\C/C=C\C/C=C\CC. The van der Waals surface area contributed by atoms with Crippen molar-refractivity contribution in [3.8, 4) is 0 Å². The van der Waals surface area contributed by atoms with E-state index < -0.39 is 6.10 Å². The van der Waals surface area contributed by atoms with Crippen molar-refractivity contribution in [1.29, 1.82) is 0 Å². The maximum atomic E-state index is 12.8. The Labute approximate surface area is 470 Å². The Balaban J connectivity index is 4.06. The fourth-order valence-electron chi connectivity index (χ4n) is 8.81. The number of ether oxygens (including phenoxy) is 3. The monoisotopic (exact) mass is 1050 g/mol. The Kier molecular flexibility index (Phi) is 60.3. The number of hydrogen-bond donors (Lipinski definition) is 0. The summed E-state index contributed by atoms with van der Waals surface area (Å²) in [5.74, 6) is -0.906. The van der Waals surface area contributed by atoms with Crippen LogP contribution in [0, 0.1) is 0 Å². The van der Waals surface area contributed by atoms with E-state index in [1.54, 1.807) is 0 Å². The smallest absolute Gasteiger partial charge is 0.306 e. The van der Waals surface area contributed by atoms with Gasteiger partial charge in [-0.25, -0.2) is 0 Å². The van der Waals surface area contributed by atoms with Gasteiger partial charge in [-0.1, -0.05) is 284 Å². The molecule has 0 saturated carbocycles.